The summed E-state index contributed by atoms with van der Waals surface area (Å²) in [4.78, 5) is 28.7. The summed E-state index contributed by atoms with van der Waals surface area (Å²) in [6.07, 6.45) is 2.42. The molecule has 2 amide bonds. The molecule has 35 heavy (non-hydrogen) atoms. The molecule has 3 heterocycles. The first-order chi connectivity index (χ1) is 16.8. The van der Waals surface area contributed by atoms with Crippen molar-refractivity contribution < 1.29 is 14.7 Å². The summed E-state index contributed by atoms with van der Waals surface area (Å²) >= 11 is 14.5. The van der Waals surface area contributed by atoms with Gasteiger partial charge in [0.25, 0.3) is 11.8 Å². The number of nitrogens with zero attached hydrogens (tertiary/aromatic N) is 2. The highest BCUT2D eigenvalue weighted by Crippen LogP contribution is 2.40. The maximum Gasteiger partial charge on any atom is 0.281 e. The third-order valence-electron chi connectivity index (χ3n) is 5.63. The minimum atomic E-state index is -0.426. The van der Waals surface area contributed by atoms with Crippen molar-refractivity contribution in [2.45, 2.75) is 19.8 Å². The lowest BCUT2D eigenvalue weighted by Gasteiger charge is -2.14. The number of rotatable bonds is 8. The summed E-state index contributed by atoms with van der Waals surface area (Å²) in [5, 5.41) is 20.3. The fourth-order valence-corrected chi connectivity index (χ4v) is 5.82. The molecule has 1 saturated heterocycles. The minimum Gasteiger partial charge on any atom is -0.506 e. The number of benzene rings is 1. The van der Waals surface area contributed by atoms with Crippen LogP contribution in [0.2, 0.25) is 10.0 Å². The Bertz CT molecular complexity index is 1270. The number of thiophene rings is 2. The van der Waals surface area contributed by atoms with E-state index in [2.05, 4.69) is 20.7 Å². The van der Waals surface area contributed by atoms with E-state index in [1.54, 1.807) is 42.6 Å². The van der Waals surface area contributed by atoms with Gasteiger partial charge in [0.2, 0.25) is 0 Å². The topological polar surface area (TPSA) is 94.0 Å². The quantitative estimate of drug-likeness (QED) is 0.256. The van der Waals surface area contributed by atoms with Gasteiger partial charge in [-0.05, 0) is 62.7 Å². The fraction of sp³-hybridized carbons (Fsp3) is 0.292. The van der Waals surface area contributed by atoms with Gasteiger partial charge in [0.1, 0.15) is 5.75 Å². The second-order valence-corrected chi connectivity index (χ2v) is 10.8. The van der Waals surface area contributed by atoms with Gasteiger partial charge < -0.3 is 15.3 Å². The van der Waals surface area contributed by atoms with Gasteiger partial charge in [0, 0.05) is 18.5 Å². The van der Waals surface area contributed by atoms with E-state index in [0.717, 1.165) is 36.5 Å². The van der Waals surface area contributed by atoms with Crippen molar-refractivity contribution in [3.63, 3.8) is 0 Å². The first-order valence-electron chi connectivity index (χ1n) is 11.0. The van der Waals surface area contributed by atoms with Crippen LogP contribution in [0.15, 0.2) is 40.8 Å². The summed E-state index contributed by atoms with van der Waals surface area (Å²) in [6, 6.07) is 8.36. The number of hydrogen-bond donors (Lipinski definition) is 3. The van der Waals surface area contributed by atoms with Crippen LogP contribution in [0.5, 0.6) is 5.75 Å². The molecule has 0 radical (unpaired) electrons. The van der Waals surface area contributed by atoms with Gasteiger partial charge in [-0.25, -0.2) is 5.43 Å². The summed E-state index contributed by atoms with van der Waals surface area (Å²) < 4.78 is 0. The van der Waals surface area contributed by atoms with Gasteiger partial charge in [0.05, 0.1) is 36.0 Å². The molecule has 0 spiro atoms. The monoisotopic (exact) mass is 550 g/mol. The number of aromatic hydroxyl groups is 1. The standard InChI is InChI=1S/C24H24Cl2N4O3S2/c1-14(16-13-34-22(21(16)31)15-4-5-17(25)18(26)12-15)28-29-24(33)20-7-6-19(35-20)23(32)27-8-11-30-9-2-3-10-30/h4-7,12-13,31H,2-3,8-11H2,1H3,(H,27,32)(H,29,33). The van der Waals surface area contributed by atoms with Gasteiger partial charge in [-0.1, -0.05) is 29.3 Å². The molecule has 1 aromatic carbocycles. The highest BCUT2D eigenvalue weighted by atomic mass is 35.5. The number of likely N-dealkylation sites (tertiary alicyclic amines) is 1. The summed E-state index contributed by atoms with van der Waals surface area (Å²) in [5.41, 5.74) is 4.17. The van der Waals surface area contributed by atoms with Gasteiger partial charge in [-0.3, -0.25) is 9.59 Å². The van der Waals surface area contributed by atoms with E-state index in [1.165, 1.54) is 24.2 Å². The Balaban J connectivity index is 1.35. The summed E-state index contributed by atoms with van der Waals surface area (Å²) in [6.45, 7) is 5.27. The molecule has 0 unspecified atom stereocenters. The molecule has 3 aromatic rings. The number of hydrazone groups is 1. The van der Waals surface area contributed by atoms with Crippen molar-refractivity contribution in [1.82, 2.24) is 15.6 Å². The van der Waals surface area contributed by atoms with Crippen LogP contribution < -0.4 is 10.7 Å². The van der Waals surface area contributed by atoms with Crippen LogP contribution in [0.3, 0.4) is 0 Å². The van der Waals surface area contributed by atoms with Crippen LogP contribution in [-0.2, 0) is 0 Å². The zero-order chi connectivity index (χ0) is 24.9. The van der Waals surface area contributed by atoms with Gasteiger partial charge in [-0.15, -0.1) is 22.7 Å². The van der Waals surface area contributed by atoms with E-state index in [9.17, 15) is 14.7 Å². The van der Waals surface area contributed by atoms with E-state index < -0.39 is 5.91 Å². The zero-order valence-corrected chi connectivity index (χ0v) is 22.1. The number of nitrogens with one attached hydrogen (secondary N) is 2. The van der Waals surface area contributed by atoms with Crippen molar-refractivity contribution in [2.24, 2.45) is 5.10 Å². The van der Waals surface area contributed by atoms with Crippen LogP contribution in [-0.4, -0.2) is 53.7 Å². The third-order valence-corrected chi connectivity index (χ3v) is 8.47. The second-order valence-electron chi connectivity index (χ2n) is 8.06. The first-order valence-corrected chi connectivity index (χ1v) is 13.5. The molecule has 2 aromatic heterocycles. The fourth-order valence-electron chi connectivity index (χ4n) is 3.70. The number of hydrogen-bond acceptors (Lipinski definition) is 7. The maximum absolute atomic E-state index is 12.6. The predicted octanol–water partition coefficient (Wildman–Crippen LogP) is 5.47. The number of carbonyl (C=O) groups excluding carboxylic acids is 2. The van der Waals surface area contributed by atoms with Crippen molar-refractivity contribution in [3.8, 4) is 16.2 Å². The molecule has 0 atom stereocenters. The molecule has 0 bridgehead atoms. The van der Waals surface area contributed by atoms with Crippen LogP contribution >= 0.6 is 45.9 Å². The summed E-state index contributed by atoms with van der Waals surface area (Å²) in [7, 11) is 0. The van der Waals surface area contributed by atoms with Crippen LogP contribution in [0, 0.1) is 0 Å². The van der Waals surface area contributed by atoms with Gasteiger partial charge in [-0.2, -0.15) is 5.10 Å². The minimum absolute atomic E-state index is 0.0490. The lowest BCUT2D eigenvalue weighted by atomic mass is 10.1. The predicted molar refractivity (Wildman–Crippen MR) is 143 cm³/mol. The Kier molecular flexibility index (Phi) is 8.46. The van der Waals surface area contributed by atoms with E-state index >= 15 is 0 Å². The molecule has 0 saturated carbocycles. The molecule has 11 heteroatoms. The molecule has 1 aliphatic heterocycles. The second kappa shape index (κ2) is 11.5. The van der Waals surface area contributed by atoms with Crippen molar-refractivity contribution >= 4 is 63.4 Å². The molecule has 184 valence electrons. The van der Waals surface area contributed by atoms with E-state index in [1.807, 2.05) is 0 Å². The zero-order valence-electron chi connectivity index (χ0n) is 18.9. The molecule has 7 nitrogen and oxygen atoms in total. The van der Waals surface area contributed by atoms with Gasteiger partial charge >= 0.3 is 0 Å². The average molecular weight is 552 g/mol. The average Bonchev–Trinajstić information content (AvgIpc) is 3.60. The van der Waals surface area contributed by atoms with Crippen LogP contribution in [0.4, 0.5) is 0 Å². The highest BCUT2D eigenvalue weighted by Gasteiger charge is 2.18. The molecular formula is C24H24Cl2N4O3S2. The highest BCUT2D eigenvalue weighted by molar-refractivity contribution is 7.16. The number of carbonyl (C=O) groups is 2. The Morgan fingerprint density at radius 2 is 1.80 bits per heavy atom. The largest absolute Gasteiger partial charge is 0.506 e. The lowest BCUT2D eigenvalue weighted by Crippen LogP contribution is -2.33. The molecule has 4 rings (SSSR count). The smallest absolute Gasteiger partial charge is 0.281 e. The van der Waals surface area contributed by atoms with E-state index in [0.29, 0.717) is 42.5 Å². The van der Waals surface area contributed by atoms with Crippen LogP contribution in [0.25, 0.3) is 10.4 Å². The van der Waals surface area contributed by atoms with E-state index in [-0.39, 0.29) is 11.7 Å². The first kappa shape index (κ1) is 25.7. The molecule has 0 aliphatic carbocycles. The summed E-state index contributed by atoms with van der Waals surface area (Å²) in [5.74, 6) is -0.566. The van der Waals surface area contributed by atoms with Crippen LogP contribution in [0.1, 0.15) is 44.7 Å². The SMILES string of the molecule is CC(=NNC(=O)c1ccc(C(=O)NCCN2CCCC2)s1)c1csc(-c2ccc(Cl)c(Cl)c2)c1O. The molecule has 3 N–H and O–H groups in total. The Labute approximate surface area is 221 Å². The van der Waals surface area contributed by atoms with Crippen molar-refractivity contribution in [2.75, 3.05) is 26.2 Å². The maximum atomic E-state index is 12.6. The number of amides is 2. The van der Waals surface area contributed by atoms with Gasteiger partial charge in [0.15, 0.2) is 0 Å². The molecule has 1 aliphatic rings. The van der Waals surface area contributed by atoms with E-state index in [4.69, 9.17) is 23.2 Å². The van der Waals surface area contributed by atoms with Crippen molar-refractivity contribution in [3.05, 3.63) is 61.1 Å². The Morgan fingerprint density at radius 1 is 1.09 bits per heavy atom. The Hall–Kier alpha value is -2.43. The third kappa shape index (κ3) is 6.23. The lowest BCUT2D eigenvalue weighted by molar-refractivity contribution is 0.0949. The molecule has 1 fully saturated rings. The normalized spacial score (nSPS) is 14.3. The van der Waals surface area contributed by atoms with Crippen molar-refractivity contribution in [1.29, 1.82) is 0 Å². The Morgan fingerprint density at radius 3 is 2.51 bits per heavy atom. The number of halogens is 2. The molecular weight excluding hydrogens is 527 g/mol.